The van der Waals surface area contributed by atoms with Crippen molar-refractivity contribution in [2.75, 3.05) is 0 Å². The van der Waals surface area contributed by atoms with Gasteiger partial charge in [-0.05, 0) is 36.8 Å². The Balaban J connectivity index is 1.89. The van der Waals surface area contributed by atoms with Crippen molar-refractivity contribution in [2.45, 2.75) is 19.4 Å². The van der Waals surface area contributed by atoms with E-state index in [-0.39, 0.29) is 6.42 Å². The van der Waals surface area contributed by atoms with Crippen LogP contribution in [0.25, 0.3) is 11.4 Å². The van der Waals surface area contributed by atoms with Gasteiger partial charge < -0.3 is 11.1 Å². The molecule has 3 N–H and O–H groups in total. The summed E-state index contributed by atoms with van der Waals surface area (Å²) in [5.41, 5.74) is 7.98. The van der Waals surface area contributed by atoms with Gasteiger partial charge in [0.15, 0.2) is 0 Å². The van der Waals surface area contributed by atoms with E-state index >= 15 is 0 Å². The summed E-state index contributed by atoms with van der Waals surface area (Å²) in [6.07, 6.45) is 8.54. The second-order valence-electron chi connectivity index (χ2n) is 6.20. The molecule has 3 aromatic rings. The third-order valence-electron chi connectivity index (χ3n) is 4.25. The fraction of sp³-hybridized carbons (Fsp3) is 0.150. The van der Waals surface area contributed by atoms with Gasteiger partial charge in [0, 0.05) is 25.0 Å². The monoisotopic (exact) mass is 376 g/mol. The number of aryl methyl sites for hydroxylation is 1. The zero-order valence-electron chi connectivity index (χ0n) is 15.4. The first kappa shape index (κ1) is 19.0. The van der Waals surface area contributed by atoms with Crippen LogP contribution in [0.1, 0.15) is 17.1 Å². The van der Waals surface area contributed by atoms with E-state index in [1.54, 1.807) is 43.1 Å². The number of pyridine rings is 2. The molecule has 0 saturated heterocycles. The molecule has 0 aliphatic carbocycles. The van der Waals surface area contributed by atoms with Crippen LogP contribution in [0.15, 0.2) is 61.8 Å². The molecule has 28 heavy (non-hydrogen) atoms. The molecule has 3 heterocycles. The molecule has 0 spiro atoms. The lowest BCUT2D eigenvalue weighted by Gasteiger charge is -2.20. The standard InChI is InChI=1S/C20H20N6O2/c1-13(18-12-24-14(2)26(18)16-4-3-7-23-11-16)25-17(19(27)20(21)28)10-15-5-8-22-9-6-15/h3-9,11-12,17,25H,1,10H2,2H3,(H2,21,28). The number of ketones is 1. The number of hydrogen-bond acceptors (Lipinski definition) is 6. The Morgan fingerprint density at radius 1 is 1.18 bits per heavy atom. The Labute approximate surface area is 162 Å². The normalized spacial score (nSPS) is 11.6. The molecule has 3 rings (SSSR count). The number of nitrogens with one attached hydrogen (secondary N) is 1. The van der Waals surface area contributed by atoms with Gasteiger partial charge in [0.25, 0.3) is 5.91 Å². The van der Waals surface area contributed by atoms with E-state index in [9.17, 15) is 9.59 Å². The van der Waals surface area contributed by atoms with Gasteiger partial charge in [0.05, 0.1) is 35.5 Å². The van der Waals surface area contributed by atoms with Crippen LogP contribution < -0.4 is 11.1 Å². The summed E-state index contributed by atoms with van der Waals surface area (Å²) in [4.78, 5) is 36.3. The third-order valence-corrected chi connectivity index (χ3v) is 4.25. The van der Waals surface area contributed by atoms with Gasteiger partial charge in [0.2, 0.25) is 5.78 Å². The maximum atomic E-state index is 12.3. The summed E-state index contributed by atoms with van der Waals surface area (Å²) >= 11 is 0. The Bertz CT molecular complexity index is 998. The molecule has 1 amide bonds. The van der Waals surface area contributed by atoms with Gasteiger partial charge in [-0.3, -0.25) is 24.1 Å². The minimum absolute atomic E-state index is 0.267. The second-order valence-corrected chi connectivity index (χ2v) is 6.20. The predicted molar refractivity (Wildman–Crippen MR) is 104 cm³/mol. The minimum atomic E-state index is -1.00. The molecule has 8 nitrogen and oxygen atoms in total. The lowest BCUT2D eigenvalue weighted by Crippen LogP contribution is -2.44. The zero-order valence-corrected chi connectivity index (χ0v) is 15.4. The topological polar surface area (TPSA) is 116 Å². The summed E-state index contributed by atoms with van der Waals surface area (Å²) in [5.74, 6) is -0.990. The number of rotatable bonds is 8. The largest absolute Gasteiger partial charge is 0.373 e. The van der Waals surface area contributed by atoms with Crippen molar-refractivity contribution < 1.29 is 9.59 Å². The number of primary amides is 1. The maximum Gasteiger partial charge on any atom is 0.287 e. The van der Waals surface area contributed by atoms with Gasteiger partial charge in [-0.25, -0.2) is 4.98 Å². The highest BCUT2D eigenvalue weighted by Gasteiger charge is 2.25. The van der Waals surface area contributed by atoms with Crippen molar-refractivity contribution in [3.05, 3.63) is 78.9 Å². The molecule has 0 saturated carbocycles. The Morgan fingerprint density at radius 2 is 1.93 bits per heavy atom. The molecule has 0 bridgehead atoms. The van der Waals surface area contributed by atoms with Crippen LogP contribution in [0, 0.1) is 6.92 Å². The van der Waals surface area contributed by atoms with E-state index in [0.29, 0.717) is 11.4 Å². The summed E-state index contributed by atoms with van der Waals surface area (Å²) < 4.78 is 1.86. The number of hydrogen-bond donors (Lipinski definition) is 2. The average Bonchev–Trinajstić information content (AvgIpc) is 3.09. The minimum Gasteiger partial charge on any atom is -0.373 e. The van der Waals surface area contributed by atoms with E-state index in [2.05, 4.69) is 26.8 Å². The average molecular weight is 376 g/mol. The molecule has 142 valence electrons. The highest BCUT2D eigenvalue weighted by Crippen LogP contribution is 2.19. The fourth-order valence-corrected chi connectivity index (χ4v) is 2.89. The second kappa shape index (κ2) is 8.26. The highest BCUT2D eigenvalue weighted by molar-refractivity contribution is 6.37. The number of carbonyl (C=O) groups excluding carboxylic acids is 2. The van der Waals surface area contributed by atoms with Crippen LogP contribution in [0.3, 0.4) is 0 Å². The van der Waals surface area contributed by atoms with E-state index < -0.39 is 17.7 Å². The number of amides is 1. The molecule has 8 heteroatoms. The fourth-order valence-electron chi connectivity index (χ4n) is 2.89. The van der Waals surface area contributed by atoms with E-state index in [0.717, 1.165) is 17.1 Å². The molecule has 1 atom stereocenters. The van der Waals surface area contributed by atoms with Crippen LogP contribution in [-0.4, -0.2) is 37.3 Å². The van der Waals surface area contributed by atoms with E-state index in [4.69, 9.17) is 5.73 Å². The third kappa shape index (κ3) is 4.12. The number of nitrogens with zero attached hydrogens (tertiary/aromatic N) is 4. The molecule has 0 aromatic carbocycles. The smallest absolute Gasteiger partial charge is 0.287 e. The van der Waals surface area contributed by atoms with E-state index in [1.165, 1.54) is 0 Å². The summed E-state index contributed by atoms with van der Waals surface area (Å²) in [7, 11) is 0. The number of aromatic nitrogens is 4. The maximum absolute atomic E-state index is 12.3. The van der Waals surface area contributed by atoms with Gasteiger partial charge >= 0.3 is 0 Å². The predicted octanol–water partition coefficient (Wildman–Crippen LogP) is 1.20. The Morgan fingerprint density at radius 3 is 2.57 bits per heavy atom. The summed E-state index contributed by atoms with van der Waals surface area (Å²) in [5, 5.41) is 3.04. The number of nitrogens with two attached hydrogens (primary N) is 1. The van der Waals surface area contributed by atoms with Crippen LogP contribution in [0.4, 0.5) is 0 Å². The van der Waals surface area contributed by atoms with Crippen molar-refractivity contribution in [3.63, 3.8) is 0 Å². The molecule has 1 unspecified atom stereocenters. The lowest BCUT2D eigenvalue weighted by molar-refractivity contribution is -0.137. The van der Waals surface area contributed by atoms with Crippen LogP contribution in [-0.2, 0) is 16.0 Å². The van der Waals surface area contributed by atoms with Gasteiger partial charge in [0.1, 0.15) is 5.82 Å². The first-order valence-corrected chi connectivity index (χ1v) is 8.60. The van der Waals surface area contributed by atoms with Crippen molar-refractivity contribution >= 4 is 17.4 Å². The van der Waals surface area contributed by atoms with Gasteiger partial charge in [-0.2, -0.15) is 0 Å². The van der Waals surface area contributed by atoms with Crippen molar-refractivity contribution in [1.29, 1.82) is 0 Å². The molecule has 0 fully saturated rings. The SMILES string of the molecule is C=C(NC(Cc1ccncc1)C(=O)C(N)=O)c1cnc(C)n1-c1cccnc1. The quantitative estimate of drug-likeness (QED) is 0.571. The first-order valence-electron chi connectivity index (χ1n) is 8.60. The van der Waals surface area contributed by atoms with Crippen molar-refractivity contribution in [1.82, 2.24) is 24.8 Å². The molecular formula is C20H20N6O2. The van der Waals surface area contributed by atoms with Crippen LogP contribution in [0.5, 0.6) is 0 Å². The molecule has 0 radical (unpaired) electrons. The summed E-state index contributed by atoms with van der Waals surface area (Å²) in [6, 6.07) is 6.40. The van der Waals surface area contributed by atoms with Gasteiger partial charge in [-0.1, -0.05) is 6.58 Å². The van der Waals surface area contributed by atoms with Crippen LogP contribution >= 0.6 is 0 Å². The number of carbonyl (C=O) groups is 2. The molecular weight excluding hydrogens is 356 g/mol. The van der Waals surface area contributed by atoms with E-state index in [1.807, 2.05) is 23.6 Å². The van der Waals surface area contributed by atoms with Gasteiger partial charge in [-0.15, -0.1) is 0 Å². The van der Waals surface area contributed by atoms with Crippen LogP contribution in [0.2, 0.25) is 0 Å². The lowest BCUT2D eigenvalue weighted by atomic mass is 10.0. The number of Topliss-reactive ketones (excluding diaryl/α,β-unsaturated/α-hetero) is 1. The first-order chi connectivity index (χ1) is 13.5. The van der Waals surface area contributed by atoms with Crippen molar-refractivity contribution in [2.24, 2.45) is 5.73 Å². The zero-order chi connectivity index (χ0) is 20.1. The Hall–Kier alpha value is -3.81. The summed E-state index contributed by atoms with van der Waals surface area (Å²) in [6.45, 7) is 5.89. The number of imidazole rings is 1. The molecule has 3 aromatic heterocycles. The highest BCUT2D eigenvalue weighted by atomic mass is 16.2. The molecule has 0 aliphatic rings. The Kier molecular flexibility index (Phi) is 5.59. The molecule has 0 aliphatic heterocycles. The van der Waals surface area contributed by atoms with Crippen molar-refractivity contribution in [3.8, 4) is 5.69 Å².